The van der Waals surface area contributed by atoms with Crippen LogP contribution < -0.4 is 20.6 Å². The number of phenols is 1. The van der Waals surface area contributed by atoms with Crippen LogP contribution >= 0.6 is 0 Å². The zero-order valence-electron chi connectivity index (χ0n) is 17.1. The van der Waals surface area contributed by atoms with Crippen LogP contribution in [0.15, 0.2) is 46.1 Å². The second kappa shape index (κ2) is 8.63. The molecule has 1 amide bonds. The predicted molar refractivity (Wildman–Crippen MR) is 114 cm³/mol. The molecule has 32 heavy (non-hydrogen) atoms. The molecule has 12 nitrogen and oxygen atoms in total. The molecule has 0 aliphatic rings. The molecular formula is C20H19N7O5. The van der Waals surface area contributed by atoms with Crippen LogP contribution in [0.4, 0.5) is 5.82 Å². The molecule has 2 heterocycles. The molecule has 12 heteroatoms. The molecule has 0 aliphatic heterocycles. The Balaban J connectivity index is 1.56. The maximum atomic E-state index is 12.6. The number of rotatable bonds is 7. The van der Waals surface area contributed by atoms with E-state index in [1.807, 2.05) is 18.2 Å². The number of aromatic hydroxyl groups is 1. The molecule has 0 unspecified atom stereocenters. The summed E-state index contributed by atoms with van der Waals surface area (Å²) < 4.78 is 16.5. The number of hydrazone groups is 1. The van der Waals surface area contributed by atoms with Crippen molar-refractivity contribution >= 4 is 29.0 Å². The van der Waals surface area contributed by atoms with E-state index >= 15 is 0 Å². The molecule has 2 aromatic carbocycles. The highest BCUT2D eigenvalue weighted by molar-refractivity contribution is 5.87. The zero-order chi connectivity index (χ0) is 22.7. The summed E-state index contributed by atoms with van der Waals surface area (Å²) in [7, 11) is 2.84. The molecule has 4 aromatic rings. The highest BCUT2D eigenvalue weighted by atomic mass is 16.6. The summed E-state index contributed by atoms with van der Waals surface area (Å²) in [6.45, 7) is -0.109. The van der Waals surface area contributed by atoms with Crippen molar-refractivity contribution in [2.45, 2.75) is 6.54 Å². The van der Waals surface area contributed by atoms with Gasteiger partial charge in [-0.1, -0.05) is 12.1 Å². The van der Waals surface area contributed by atoms with Crippen molar-refractivity contribution in [2.24, 2.45) is 5.10 Å². The van der Waals surface area contributed by atoms with Crippen LogP contribution in [0.5, 0.6) is 17.2 Å². The summed E-state index contributed by atoms with van der Waals surface area (Å²) in [6, 6.07) is 10.4. The fraction of sp³-hybridized carbons (Fsp3) is 0.150. The first-order valence-corrected chi connectivity index (χ1v) is 9.32. The molecule has 0 bridgehead atoms. The van der Waals surface area contributed by atoms with Crippen LogP contribution in [0.2, 0.25) is 0 Å². The summed E-state index contributed by atoms with van der Waals surface area (Å²) in [5.41, 5.74) is 10.4. The normalized spacial score (nSPS) is 11.2. The van der Waals surface area contributed by atoms with E-state index in [9.17, 15) is 9.90 Å². The van der Waals surface area contributed by atoms with Gasteiger partial charge in [-0.15, -0.1) is 0 Å². The maximum Gasteiger partial charge on any atom is 0.260 e. The number of imidazole rings is 1. The molecule has 0 spiro atoms. The summed E-state index contributed by atoms with van der Waals surface area (Å²) in [6.07, 6.45) is 1.40. The van der Waals surface area contributed by atoms with Crippen LogP contribution in [0, 0.1) is 0 Å². The lowest BCUT2D eigenvalue weighted by molar-refractivity contribution is -0.121. The van der Waals surface area contributed by atoms with Gasteiger partial charge in [-0.2, -0.15) is 5.10 Å². The van der Waals surface area contributed by atoms with Crippen LogP contribution in [-0.2, 0) is 11.3 Å². The van der Waals surface area contributed by atoms with Crippen molar-refractivity contribution in [1.82, 2.24) is 25.3 Å². The Morgan fingerprint density at radius 3 is 2.62 bits per heavy atom. The number of nitrogens with one attached hydrogen (secondary N) is 1. The Morgan fingerprint density at radius 2 is 1.97 bits per heavy atom. The number of phenolic OH excluding ortho intramolecular Hbond substituents is 1. The number of carbonyl (C=O) groups excluding carboxylic acids is 1. The fourth-order valence-corrected chi connectivity index (χ4v) is 3.11. The zero-order valence-corrected chi connectivity index (χ0v) is 17.1. The van der Waals surface area contributed by atoms with Crippen molar-refractivity contribution < 1.29 is 24.0 Å². The van der Waals surface area contributed by atoms with E-state index in [0.29, 0.717) is 22.4 Å². The van der Waals surface area contributed by atoms with E-state index in [1.54, 1.807) is 22.8 Å². The van der Waals surface area contributed by atoms with E-state index in [1.165, 1.54) is 20.4 Å². The summed E-state index contributed by atoms with van der Waals surface area (Å²) in [5, 5.41) is 21.3. The lowest BCUT2D eigenvalue weighted by atomic mass is 10.2. The molecule has 0 atom stereocenters. The monoisotopic (exact) mass is 437 g/mol. The van der Waals surface area contributed by atoms with Gasteiger partial charge in [-0.25, -0.2) is 15.0 Å². The number of aromatic nitrogens is 4. The number of anilines is 1. The number of nitrogens with two attached hydrogens (primary N) is 1. The summed E-state index contributed by atoms with van der Waals surface area (Å²) in [4.78, 5) is 17.1. The lowest BCUT2D eigenvalue weighted by Gasteiger charge is -2.09. The third-order valence-electron chi connectivity index (χ3n) is 4.59. The molecule has 2 aromatic heterocycles. The van der Waals surface area contributed by atoms with Gasteiger partial charge in [-0.3, -0.25) is 4.79 Å². The smallest absolute Gasteiger partial charge is 0.260 e. The minimum Gasteiger partial charge on any atom is -0.502 e. The van der Waals surface area contributed by atoms with E-state index in [2.05, 4.69) is 30.5 Å². The number of carbonyl (C=O) groups is 1. The fourth-order valence-electron chi connectivity index (χ4n) is 3.11. The highest BCUT2D eigenvalue weighted by Crippen LogP contribution is 2.36. The van der Waals surface area contributed by atoms with Crippen molar-refractivity contribution in [2.75, 3.05) is 20.0 Å². The molecule has 0 fully saturated rings. The first kappa shape index (κ1) is 20.7. The molecule has 4 N–H and O–H groups in total. The number of nitrogens with zero attached hydrogens (tertiary/aromatic N) is 5. The number of fused-ring (bicyclic) bond motifs is 1. The average Bonchev–Trinajstić information content (AvgIpc) is 3.37. The quantitative estimate of drug-likeness (QED) is 0.287. The third kappa shape index (κ3) is 3.88. The van der Waals surface area contributed by atoms with Gasteiger partial charge in [0.25, 0.3) is 5.91 Å². The van der Waals surface area contributed by atoms with Gasteiger partial charge in [0, 0.05) is 5.56 Å². The van der Waals surface area contributed by atoms with Crippen LogP contribution in [0.3, 0.4) is 0 Å². The summed E-state index contributed by atoms with van der Waals surface area (Å²) in [5.74, 6) is 0.291. The number of nitrogen functional groups attached to an aromatic ring is 1. The first-order chi connectivity index (χ1) is 15.5. The second-order valence-corrected chi connectivity index (χ2v) is 6.58. The van der Waals surface area contributed by atoms with Crippen molar-refractivity contribution in [3.63, 3.8) is 0 Å². The third-order valence-corrected chi connectivity index (χ3v) is 4.59. The number of hydrogen-bond donors (Lipinski definition) is 3. The average molecular weight is 437 g/mol. The van der Waals surface area contributed by atoms with Crippen molar-refractivity contribution in [3.05, 3.63) is 42.0 Å². The predicted octanol–water partition coefficient (Wildman–Crippen LogP) is 1.54. The minimum absolute atomic E-state index is 0.0650. The number of benzene rings is 2. The van der Waals surface area contributed by atoms with Crippen molar-refractivity contribution in [3.8, 4) is 28.8 Å². The van der Waals surface area contributed by atoms with Gasteiger partial charge in [0.15, 0.2) is 28.8 Å². The van der Waals surface area contributed by atoms with Gasteiger partial charge in [-0.05, 0) is 34.6 Å². The van der Waals surface area contributed by atoms with E-state index in [0.717, 1.165) is 0 Å². The maximum absolute atomic E-state index is 12.6. The Bertz CT molecular complexity index is 1290. The minimum atomic E-state index is -0.418. The Hall–Kier alpha value is -4.61. The molecule has 164 valence electrons. The number of amides is 1. The first-order valence-electron chi connectivity index (χ1n) is 9.32. The van der Waals surface area contributed by atoms with Crippen molar-refractivity contribution in [1.29, 1.82) is 0 Å². The lowest BCUT2D eigenvalue weighted by Crippen LogP contribution is -2.23. The molecule has 0 saturated carbocycles. The number of para-hydroxylation sites is 2. The number of ether oxygens (including phenoxy) is 2. The summed E-state index contributed by atoms with van der Waals surface area (Å²) >= 11 is 0. The molecular weight excluding hydrogens is 418 g/mol. The Morgan fingerprint density at radius 1 is 1.25 bits per heavy atom. The van der Waals surface area contributed by atoms with Gasteiger partial charge in [0.05, 0.1) is 31.5 Å². The SMILES string of the molecule is COc1cc(C=NNC(=O)Cn2c(-c3nonc3N)nc3ccccc32)cc(OC)c1O. The topological polar surface area (TPSA) is 163 Å². The molecule has 0 saturated heterocycles. The molecule has 0 radical (unpaired) electrons. The van der Waals surface area contributed by atoms with E-state index in [4.69, 9.17) is 15.2 Å². The van der Waals surface area contributed by atoms with E-state index < -0.39 is 5.91 Å². The number of hydrogen-bond acceptors (Lipinski definition) is 10. The van der Waals surface area contributed by atoms with Gasteiger partial charge in [0.1, 0.15) is 6.54 Å². The van der Waals surface area contributed by atoms with Crippen LogP contribution in [0.1, 0.15) is 5.56 Å². The molecule has 4 rings (SSSR count). The Kier molecular flexibility index (Phi) is 5.57. The standard InChI is InChI=1S/C20H19N7O5/c1-30-14-7-11(8-15(31-2)18(14)29)9-22-24-16(28)10-27-13-6-4-3-5-12(13)23-20(27)17-19(21)26-32-25-17/h3-9,29H,10H2,1-2H3,(H2,21,26)(H,24,28). The largest absolute Gasteiger partial charge is 0.502 e. The van der Waals surface area contributed by atoms with Gasteiger partial charge >= 0.3 is 0 Å². The number of methoxy groups -OCH3 is 2. The van der Waals surface area contributed by atoms with Crippen LogP contribution in [0.25, 0.3) is 22.6 Å². The van der Waals surface area contributed by atoms with Gasteiger partial charge < -0.3 is 24.9 Å². The molecule has 0 aliphatic carbocycles. The van der Waals surface area contributed by atoms with Gasteiger partial charge in [0.2, 0.25) is 5.75 Å². The Labute approximate surface area is 181 Å². The second-order valence-electron chi connectivity index (χ2n) is 6.58. The highest BCUT2D eigenvalue weighted by Gasteiger charge is 2.20. The van der Waals surface area contributed by atoms with Crippen LogP contribution in [-0.4, -0.2) is 51.3 Å². The van der Waals surface area contributed by atoms with E-state index in [-0.39, 0.29) is 35.3 Å².